The molecule has 108 valence electrons. The van der Waals surface area contributed by atoms with Gasteiger partial charge in [-0.05, 0) is 24.3 Å². The fourth-order valence-corrected chi connectivity index (χ4v) is 1.10. The predicted octanol–water partition coefficient (Wildman–Crippen LogP) is -2.22. The molecule has 0 aromatic heterocycles. The standard InChI is InChI=1S/C10H16N8O2/c11-9(12)18-17-8(19)5-20-7-3-1-6(2-4-7)15-10(13)16-14/h1-4H,5,14H2,(H,17,19)(H4,11,12,18)(H3,13,15,16). The van der Waals surface area contributed by atoms with Gasteiger partial charge in [0.05, 0.1) is 5.69 Å². The van der Waals surface area contributed by atoms with Gasteiger partial charge in [0.2, 0.25) is 11.9 Å². The van der Waals surface area contributed by atoms with E-state index >= 15 is 0 Å². The van der Waals surface area contributed by atoms with Crippen LogP contribution in [0.2, 0.25) is 0 Å². The molecule has 1 aromatic carbocycles. The van der Waals surface area contributed by atoms with Crippen LogP contribution >= 0.6 is 0 Å². The van der Waals surface area contributed by atoms with Gasteiger partial charge < -0.3 is 21.9 Å². The van der Waals surface area contributed by atoms with Gasteiger partial charge in [-0.3, -0.25) is 10.2 Å². The molecule has 0 heterocycles. The van der Waals surface area contributed by atoms with Crippen LogP contribution in [0.3, 0.4) is 0 Å². The summed E-state index contributed by atoms with van der Waals surface area (Å²) in [5, 5.41) is 3.34. The lowest BCUT2D eigenvalue weighted by atomic mass is 10.3. The summed E-state index contributed by atoms with van der Waals surface area (Å²) in [6.45, 7) is -0.230. The number of benzene rings is 1. The average Bonchev–Trinajstić information content (AvgIpc) is 2.44. The number of nitrogens with two attached hydrogens (primary N) is 4. The molecule has 0 saturated carbocycles. The molecule has 10 N–H and O–H groups in total. The molecule has 0 spiro atoms. The van der Waals surface area contributed by atoms with Gasteiger partial charge in [-0.1, -0.05) is 0 Å². The van der Waals surface area contributed by atoms with E-state index in [1.807, 2.05) is 0 Å². The minimum atomic E-state index is -0.489. The fourth-order valence-electron chi connectivity index (χ4n) is 1.10. The van der Waals surface area contributed by atoms with E-state index in [1.165, 1.54) is 0 Å². The molecule has 20 heavy (non-hydrogen) atoms. The zero-order chi connectivity index (χ0) is 15.0. The Morgan fingerprint density at radius 2 is 1.85 bits per heavy atom. The van der Waals surface area contributed by atoms with Crippen molar-refractivity contribution in [2.45, 2.75) is 0 Å². The topological polar surface area (TPSA) is 179 Å². The van der Waals surface area contributed by atoms with Gasteiger partial charge in [0.1, 0.15) is 5.75 Å². The normalized spacial score (nSPS) is 10.6. The van der Waals surface area contributed by atoms with Crippen molar-refractivity contribution >= 4 is 23.5 Å². The molecule has 1 amide bonds. The number of nitrogens with one attached hydrogen (secondary N) is 2. The number of amides is 1. The number of nitrogens with zero attached hydrogens (tertiary/aromatic N) is 2. The molecular formula is C10H16N8O2. The maximum absolute atomic E-state index is 11.3. The van der Waals surface area contributed by atoms with Crippen LogP contribution < -0.4 is 38.6 Å². The Labute approximate surface area is 114 Å². The number of aliphatic imine (C=N–C) groups is 1. The number of guanidine groups is 2. The molecule has 0 radical (unpaired) electrons. The van der Waals surface area contributed by atoms with Crippen molar-refractivity contribution in [3.63, 3.8) is 0 Å². The lowest BCUT2D eigenvalue weighted by Gasteiger charge is -2.05. The number of hydrogen-bond donors (Lipinski definition) is 6. The average molecular weight is 280 g/mol. The number of ether oxygens (including phenoxy) is 1. The van der Waals surface area contributed by atoms with Crippen molar-refractivity contribution in [3.05, 3.63) is 24.3 Å². The Kier molecular flexibility index (Phi) is 5.59. The van der Waals surface area contributed by atoms with Crippen molar-refractivity contribution in [1.82, 2.24) is 10.9 Å². The third-order valence-corrected chi connectivity index (χ3v) is 1.91. The highest BCUT2D eigenvalue weighted by molar-refractivity contribution is 5.81. The quantitative estimate of drug-likeness (QED) is 0.153. The second kappa shape index (κ2) is 7.43. The monoisotopic (exact) mass is 280 g/mol. The number of carbonyl (C=O) groups excluding carboxylic acids is 1. The van der Waals surface area contributed by atoms with Gasteiger partial charge in [-0.15, -0.1) is 5.10 Å². The highest BCUT2D eigenvalue weighted by Crippen LogP contribution is 2.17. The van der Waals surface area contributed by atoms with Crippen LogP contribution in [0.4, 0.5) is 5.69 Å². The number of hydrazine groups is 1. The second-order valence-electron chi connectivity index (χ2n) is 3.50. The van der Waals surface area contributed by atoms with Crippen LogP contribution in [-0.4, -0.2) is 24.4 Å². The Bertz CT molecular complexity index is 506. The third kappa shape index (κ3) is 5.55. The van der Waals surface area contributed by atoms with E-state index < -0.39 is 5.91 Å². The summed E-state index contributed by atoms with van der Waals surface area (Å²) >= 11 is 0. The summed E-state index contributed by atoms with van der Waals surface area (Å²) in [7, 11) is 0. The van der Waals surface area contributed by atoms with E-state index in [1.54, 1.807) is 24.3 Å². The van der Waals surface area contributed by atoms with Crippen molar-refractivity contribution in [1.29, 1.82) is 0 Å². The van der Waals surface area contributed by atoms with Crippen LogP contribution in [0.25, 0.3) is 0 Å². The molecule has 1 aromatic rings. The van der Waals surface area contributed by atoms with E-state index in [-0.39, 0.29) is 18.5 Å². The van der Waals surface area contributed by atoms with Crippen LogP contribution in [0.1, 0.15) is 0 Å². The first-order chi connectivity index (χ1) is 9.51. The van der Waals surface area contributed by atoms with E-state index in [2.05, 4.69) is 20.9 Å². The summed E-state index contributed by atoms with van der Waals surface area (Å²) in [5.74, 6) is 4.90. The smallest absolute Gasteiger partial charge is 0.278 e. The first-order valence-electron chi connectivity index (χ1n) is 5.42. The highest BCUT2D eigenvalue weighted by atomic mass is 16.5. The van der Waals surface area contributed by atoms with E-state index in [0.29, 0.717) is 11.4 Å². The maximum Gasteiger partial charge on any atom is 0.278 e. The SMILES string of the molecule is NNC(N)=Nc1ccc(OCC(=O)NN=C(N)N)cc1. The first-order valence-corrected chi connectivity index (χ1v) is 5.42. The molecule has 0 aliphatic carbocycles. The van der Waals surface area contributed by atoms with Gasteiger partial charge in [0.15, 0.2) is 6.61 Å². The Hall–Kier alpha value is -3.01. The van der Waals surface area contributed by atoms with Crippen LogP contribution in [0.5, 0.6) is 5.75 Å². The minimum Gasteiger partial charge on any atom is -0.484 e. The van der Waals surface area contributed by atoms with Crippen molar-refractivity contribution in [2.24, 2.45) is 33.1 Å². The lowest BCUT2D eigenvalue weighted by molar-refractivity contribution is -0.123. The lowest BCUT2D eigenvalue weighted by Crippen LogP contribution is -2.36. The van der Waals surface area contributed by atoms with E-state index in [4.69, 9.17) is 27.8 Å². The Morgan fingerprint density at radius 1 is 1.20 bits per heavy atom. The summed E-state index contributed by atoms with van der Waals surface area (Å²) < 4.78 is 5.20. The maximum atomic E-state index is 11.3. The number of rotatable bonds is 5. The minimum absolute atomic E-state index is 0.0790. The number of hydrogen-bond acceptors (Lipinski definition) is 5. The highest BCUT2D eigenvalue weighted by Gasteiger charge is 2.02. The first kappa shape index (κ1) is 15.0. The summed E-state index contributed by atoms with van der Waals surface area (Å²) in [6.07, 6.45) is 0. The molecule has 0 saturated heterocycles. The fraction of sp³-hybridized carbons (Fsp3) is 0.100. The van der Waals surface area contributed by atoms with Crippen LogP contribution in [0.15, 0.2) is 34.4 Å². The van der Waals surface area contributed by atoms with Crippen LogP contribution in [-0.2, 0) is 4.79 Å². The molecular weight excluding hydrogens is 264 g/mol. The zero-order valence-electron chi connectivity index (χ0n) is 10.5. The van der Waals surface area contributed by atoms with Gasteiger partial charge in [0, 0.05) is 0 Å². The zero-order valence-corrected chi connectivity index (χ0v) is 10.5. The second-order valence-corrected chi connectivity index (χ2v) is 3.50. The Morgan fingerprint density at radius 3 is 2.40 bits per heavy atom. The molecule has 0 aliphatic heterocycles. The van der Waals surface area contributed by atoms with E-state index in [9.17, 15) is 4.79 Å². The van der Waals surface area contributed by atoms with Gasteiger partial charge in [-0.2, -0.15) is 0 Å². The molecule has 0 aliphatic rings. The predicted molar refractivity (Wildman–Crippen MR) is 74.5 cm³/mol. The molecule has 10 heteroatoms. The summed E-state index contributed by atoms with van der Waals surface area (Å²) in [4.78, 5) is 15.2. The van der Waals surface area contributed by atoms with Crippen LogP contribution in [0, 0.1) is 0 Å². The summed E-state index contributed by atoms with van der Waals surface area (Å²) in [5.41, 5.74) is 20.4. The molecule has 10 nitrogen and oxygen atoms in total. The Balaban J connectivity index is 2.50. The molecule has 0 fully saturated rings. The van der Waals surface area contributed by atoms with Crippen molar-refractivity contribution in [3.8, 4) is 5.75 Å². The number of carbonyl (C=O) groups is 1. The molecule has 1 rings (SSSR count). The van der Waals surface area contributed by atoms with Crippen molar-refractivity contribution < 1.29 is 9.53 Å². The number of hydrazone groups is 1. The largest absolute Gasteiger partial charge is 0.484 e. The molecule has 0 bridgehead atoms. The van der Waals surface area contributed by atoms with E-state index in [0.717, 1.165) is 0 Å². The van der Waals surface area contributed by atoms with Gasteiger partial charge >= 0.3 is 0 Å². The molecule has 0 atom stereocenters. The summed E-state index contributed by atoms with van der Waals surface area (Å²) in [6, 6.07) is 6.54. The molecule has 0 unspecified atom stereocenters. The third-order valence-electron chi connectivity index (χ3n) is 1.91. The van der Waals surface area contributed by atoms with Gasteiger partial charge in [0.25, 0.3) is 5.91 Å². The van der Waals surface area contributed by atoms with Crippen molar-refractivity contribution in [2.75, 3.05) is 6.61 Å². The van der Waals surface area contributed by atoms with Gasteiger partial charge in [-0.25, -0.2) is 16.3 Å².